The third-order valence-electron chi connectivity index (χ3n) is 5.72. The number of nitrogens with two attached hydrogens (primary N) is 1. The molecule has 2 aromatic heterocycles. The Hall–Kier alpha value is -4.76. The zero-order valence-electron chi connectivity index (χ0n) is 18.1. The summed E-state index contributed by atoms with van der Waals surface area (Å²) >= 11 is 1.40. The molecular formula is C26H17N5O3S. The maximum absolute atomic E-state index is 13.8. The van der Waals surface area contributed by atoms with Crippen molar-refractivity contribution in [3.8, 4) is 5.75 Å². The molecule has 5 aromatic rings. The van der Waals surface area contributed by atoms with Gasteiger partial charge in [0, 0.05) is 23.2 Å². The van der Waals surface area contributed by atoms with Gasteiger partial charge in [-0.1, -0.05) is 42.5 Å². The average Bonchev–Trinajstić information content (AvgIpc) is 3.42. The number of aromatic nitrogens is 3. The van der Waals surface area contributed by atoms with E-state index in [-0.39, 0.29) is 23.1 Å². The van der Waals surface area contributed by atoms with Crippen molar-refractivity contribution in [3.05, 3.63) is 99.3 Å². The largest absolute Gasteiger partial charge is 0.437 e. The predicted octanol–water partition coefficient (Wildman–Crippen LogP) is 4.70. The first-order chi connectivity index (χ1) is 17.0. The fraction of sp³-hybridized carbons (Fsp3) is 0. The van der Waals surface area contributed by atoms with Crippen LogP contribution < -0.4 is 16.0 Å². The molecule has 0 saturated heterocycles. The second-order valence-corrected chi connectivity index (χ2v) is 9.00. The van der Waals surface area contributed by atoms with Gasteiger partial charge in [-0.15, -0.1) is 11.3 Å². The Balaban J connectivity index is 1.62. The van der Waals surface area contributed by atoms with E-state index in [1.165, 1.54) is 28.3 Å². The van der Waals surface area contributed by atoms with Crippen molar-refractivity contribution in [2.24, 2.45) is 0 Å². The van der Waals surface area contributed by atoms with Gasteiger partial charge in [0.15, 0.2) is 5.78 Å². The number of anilines is 1. The van der Waals surface area contributed by atoms with Crippen LogP contribution in [0, 0.1) is 5.41 Å². The molecule has 0 fully saturated rings. The Labute approximate surface area is 202 Å². The molecule has 4 N–H and O–H groups in total. The van der Waals surface area contributed by atoms with Gasteiger partial charge >= 0.3 is 0 Å². The highest BCUT2D eigenvalue weighted by atomic mass is 32.1. The maximum atomic E-state index is 13.8. The number of carbonyl (C=O) groups excluding carboxylic acids is 1. The lowest BCUT2D eigenvalue weighted by molar-refractivity contribution is 0.103. The number of hydrogen-bond acceptors (Lipinski definition) is 7. The van der Waals surface area contributed by atoms with Gasteiger partial charge in [0.25, 0.3) is 5.56 Å². The minimum absolute atomic E-state index is 0.144. The number of nitrogens with one attached hydrogen (secondary N) is 2. The molecule has 0 unspecified atom stereocenters. The van der Waals surface area contributed by atoms with Gasteiger partial charge in [-0.05, 0) is 29.7 Å². The molecule has 0 amide bonds. The van der Waals surface area contributed by atoms with Gasteiger partial charge in [0.2, 0.25) is 5.90 Å². The molecule has 0 spiro atoms. The molecule has 3 aromatic carbocycles. The maximum Gasteiger partial charge on any atom is 0.266 e. The monoisotopic (exact) mass is 479 g/mol. The van der Waals surface area contributed by atoms with Crippen LogP contribution in [0.5, 0.6) is 5.75 Å². The average molecular weight is 480 g/mol. The number of ether oxygens (including phenoxy) is 1. The summed E-state index contributed by atoms with van der Waals surface area (Å²) in [5.74, 6) is -0.0399. The third kappa shape index (κ3) is 3.54. The van der Waals surface area contributed by atoms with E-state index in [1.807, 2.05) is 54.6 Å². The summed E-state index contributed by atoms with van der Waals surface area (Å²) in [5, 5.41) is 13.5. The summed E-state index contributed by atoms with van der Waals surface area (Å²) in [4.78, 5) is 30.2. The Morgan fingerprint density at radius 2 is 1.86 bits per heavy atom. The van der Waals surface area contributed by atoms with Gasteiger partial charge in [-0.3, -0.25) is 20.1 Å². The Morgan fingerprint density at radius 3 is 2.66 bits per heavy atom. The smallest absolute Gasteiger partial charge is 0.266 e. The van der Waals surface area contributed by atoms with Crippen LogP contribution >= 0.6 is 11.3 Å². The van der Waals surface area contributed by atoms with Gasteiger partial charge in [0.05, 0.1) is 21.4 Å². The standard InChI is InChI=1S/C26H17N5O3S/c27-21-12-22(32)30-31(21)13-15-11-18(26-29-19-7-3-4-8-20(19)35-26)25(28)34-24-16-6-2-1-5-14(16)9-10-17(24)23(15)33/h1-13,28H,27H2,(H,30,32)/b15-13+,18-11+,28-25?. The second-order valence-electron chi connectivity index (χ2n) is 7.97. The van der Waals surface area contributed by atoms with Crippen LogP contribution in [0.2, 0.25) is 0 Å². The second kappa shape index (κ2) is 7.93. The highest BCUT2D eigenvalue weighted by Crippen LogP contribution is 2.37. The number of para-hydroxylation sites is 1. The SMILES string of the molecule is N=C1Oc2c(ccc3ccccc23)C(=O)C(=C/n2[nH]c(=O)cc2N)/C=C\1c1nc2ccccc2s1. The molecule has 1 aliphatic heterocycles. The molecule has 0 aliphatic carbocycles. The molecule has 0 bridgehead atoms. The summed E-state index contributed by atoms with van der Waals surface area (Å²) in [7, 11) is 0. The lowest BCUT2D eigenvalue weighted by Crippen LogP contribution is -2.18. The fourth-order valence-corrected chi connectivity index (χ4v) is 5.02. The molecule has 0 saturated carbocycles. The first kappa shape index (κ1) is 20.8. The van der Waals surface area contributed by atoms with E-state index >= 15 is 0 Å². The van der Waals surface area contributed by atoms with Crippen LogP contribution in [0.3, 0.4) is 0 Å². The minimum atomic E-state index is -0.393. The number of benzene rings is 3. The molecule has 170 valence electrons. The van der Waals surface area contributed by atoms with Crippen LogP contribution in [-0.2, 0) is 0 Å². The van der Waals surface area contributed by atoms with E-state index in [4.69, 9.17) is 15.9 Å². The highest BCUT2D eigenvalue weighted by Gasteiger charge is 2.27. The Morgan fingerprint density at radius 1 is 1.06 bits per heavy atom. The molecule has 3 heterocycles. The number of aromatic amines is 1. The highest BCUT2D eigenvalue weighted by molar-refractivity contribution is 7.19. The zero-order valence-corrected chi connectivity index (χ0v) is 18.9. The number of fused-ring (bicyclic) bond motifs is 4. The van der Waals surface area contributed by atoms with Crippen LogP contribution in [0.25, 0.3) is 32.8 Å². The number of nitrogen functional groups attached to an aromatic ring is 1. The first-order valence-corrected chi connectivity index (χ1v) is 11.5. The number of hydrogen-bond donors (Lipinski definition) is 3. The quantitative estimate of drug-likeness (QED) is 0.316. The summed E-state index contributed by atoms with van der Waals surface area (Å²) in [5.41, 5.74) is 7.19. The normalized spacial score (nSPS) is 16.6. The molecule has 0 radical (unpaired) electrons. The van der Waals surface area contributed by atoms with Crippen molar-refractivity contribution in [2.45, 2.75) is 0 Å². The number of carbonyl (C=O) groups is 1. The van der Waals surface area contributed by atoms with E-state index in [2.05, 4.69) is 10.1 Å². The van der Waals surface area contributed by atoms with E-state index in [9.17, 15) is 9.59 Å². The summed E-state index contributed by atoms with van der Waals surface area (Å²) in [6.07, 6.45) is 3.00. The minimum Gasteiger partial charge on any atom is -0.437 e. The van der Waals surface area contributed by atoms with Crippen LogP contribution in [0.15, 0.2) is 83.2 Å². The van der Waals surface area contributed by atoms with Crippen molar-refractivity contribution in [2.75, 3.05) is 5.73 Å². The Kier molecular flexibility index (Phi) is 4.71. The lowest BCUT2D eigenvalue weighted by atomic mass is 9.96. The van der Waals surface area contributed by atoms with Crippen molar-refractivity contribution < 1.29 is 9.53 Å². The van der Waals surface area contributed by atoms with Crippen LogP contribution in [0.1, 0.15) is 15.4 Å². The topological polar surface area (TPSA) is 127 Å². The number of thiazole rings is 1. The van der Waals surface area contributed by atoms with E-state index in [0.717, 1.165) is 15.6 Å². The zero-order chi connectivity index (χ0) is 24.1. The lowest BCUT2D eigenvalue weighted by Gasteiger charge is -2.18. The van der Waals surface area contributed by atoms with Crippen molar-refractivity contribution in [3.63, 3.8) is 0 Å². The van der Waals surface area contributed by atoms with Crippen LogP contribution in [-0.4, -0.2) is 26.4 Å². The number of rotatable bonds is 2. The molecule has 35 heavy (non-hydrogen) atoms. The molecule has 0 atom stereocenters. The molecule has 1 aliphatic rings. The number of H-pyrrole nitrogens is 1. The number of nitrogens with zero attached hydrogens (tertiary/aromatic N) is 2. The molecular weight excluding hydrogens is 462 g/mol. The van der Waals surface area contributed by atoms with Crippen molar-refractivity contribution in [1.82, 2.24) is 14.8 Å². The van der Waals surface area contributed by atoms with Gasteiger partial charge in [-0.25, -0.2) is 9.67 Å². The van der Waals surface area contributed by atoms with Crippen LogP contribution in [0.4, 0.5) is 5.82 Å². The van der Waals surface area contributed by atoms with E-state index in [1.54, 1.807) is 12.1 Å². The molecule has 9 heteroatoms. The number of ketones is 1. The molecule has 8 nitrogen and oxygen atoms in total. The number of allylic oxidation sites excluding steroid dienone is 2. The Bertz CT molecular complexity index is 1770. The predicted molar refractivity (Wildman–Crippen MR) is 138 cm³/mol. The summed E-state index contributed by atoms with van der Waals surface area (Å²) < 4.78 is 8.29. The number of Topliss-reactive ketones (excluding diaryl/α,β-unsaturated/α-hetero) is 1. The van der Waals surface area contributed by atoms with E-state index < -0.39 is 5.56 Å². The molecule has 6 rings (SSSR count). The van der Waals surface area contributed by atoms with E-state index in [0.29, 0.717) is 27.3 Å². The summed E-state index contributed by atoms with van der Waals surface area (Å²) in [6, 6.07) is 19.9. The van der Waals surface area contributed by atoms with Crippen molar-refractivity contribution in [1.29, 1.82) is 5.41 Å². The fourth-order valence-electron chi connectivity index (χ4n) is 4.04. The first-order valence-electron chi connectivity index (χ1n) is 10.7. The third-order valence-corrected chi connectivity index (χ3v) is 6.78. The van der Waals surface area contributed by atoms with Gasteiger partial charge in [-0.2, -0.15) is 0 Å². The van der Waals surface area contributed by atoms with Gasteiger partial charge < -0.3 is 10.5 Å². The summed E-state index contributed by atoms with van der Waals surface area (Å²) in [6.45, 7) is 0. The van der Waals surface area contributed by atoms with Gasteiger partial charge in [0.1, 0.15) is 16.6 Å². The van der Waals surface area contributed by atoms with Crippen molar-refractivity contribution >= 4 is 61.6 Å².